The van der Waals surface area contributed by atoms with E-state index in [1.807, 2.05) is 0 Å². The highest BCUT2D eigenvalue weighted by Crippen LogP contribution is 2.30. The third kappa shape index (κ3) is 2.17. The number of nitrogens with zero attached hydrogens (tertiary/aromatic N) is 2. The Morgan fingerprint density at radius 3 is 3.06 bits per heavy atom. The summed E-state index contributed by atoms with van der Waals surface area (Å²) in [5.74, 6) is 1.16. The summed E-state index contributed by atoms with van der Waals surface area (Å²) < 4.78 is 0. The Morgan fingerprint density at radius 2 is 2.41 bits per heavy atom. The molecule has 2 rings (SSSR count). The predicted molar refractivity (Wildman–Crippen MR) is 66.2 cm³/mol. The second-order valence-corrected chi connectivity index (χ2v) is 4.64. The van der Waals surface area contributed by atoms with Crippen LogP contribution in [0.3, 0.4) is 0 Å². The van der Waals surface area contributed by atoms with Crippen LogP contribution in [0, 0.1) is 5.92 Å². The number of carbonyl (C=O) groups excluding carboxylic acids is 1. The van der Waals surface area contributed by atoms with Gasteiger partial charge in [0.1, 0.15) is 5.82 Å². The van der Waals surface area contributed by atoms with E-state index in [-0.39, 0.29) is 18.4 Å². The number of hydrogen-bond acceptors (Lipinski definition) is 4. The number of anilines is 1. The van der Waals surface area contributed by atoms with Gasteiger partial charge in [-0.1, -0.05) is 6.92 Å². The molecule has 2 atom stereocenters. The molecule has 1 aromatic heterocycles. The van der Waals surface area contributed by atoms with Crippen molar-refractivity contribution in [2.24, 2.45) is 5.92 Å². The minimum atomic E-state index is 0.0179. The standard InChI is InChI=1S/C13H18N2O2/c1-9-5-7-15(12(9)8-16)13-11(10(2)17)4-3-6-14-13/h3-4,6,9,12,16H,5,7-8H2,1-2H3. The lowest BCUT2D eigenvalue weighted by atomic mass is 10.0. The third-order valence-electron chi connectivity index (χ3n) is 3.51. The lowest BCUT2D eigenvalue weighted by Gasteiger charge is -2.27. The smallest absolute Gasteiger partial charge is 0.163 e. The van der Waals surface area contributed by atoms with Gasteiger partial charge in [-0.3, -0.25) is 4.79 Å². The summed E-state index contributed by atoms with van der Waals surface area (Å²) in [5, 5.41) is 9.44. The van der Waals surface area contributed by atoms with Gasteiger partial charge in [0.15, 0.2) is 5.78 Å². The van der Waals surface area contributed by atoms with Crippen LogP contribution in [0.5, 0.6) is 0 Å². The van der Waals surface area contributed by atoms with Crippen LogP contribution in [0.15, 0.2) is 18.3 Å². The van der Waals surface area contributed by atoms with Gasteiger partial charge in [-0.2, -0.15) is 0 Å². The van der Waals surface area contributed by atoms with Gasteiger partial charge in [-0.05, 0) is 31.4 Å². The Bertz CT molecular complexity index is 420. The van der Waals surface area contributed by atoms with Crippen molar-refractivity contribution < 1.29 is 9.90 Å². The van der Waals surface area contributed by atoms with Crippen LogP contribution >= 0.6 is 0 Å². The average Bonchev–Trinajstić information content (AvgIpc) is 2.70. The molecule has 0 aromatic carbocycles. The SMILES string of the molecule is CC(=O)c1cccnc1N1CCC(C)C1CO. The molecule has 2 unspecified atom stereocenters. The summed E-state index contributed by atoms with van der Waals surface area (Å²) in [7, 11) is 0. The number of rotatable bonds is 3. The molecule has 4 nitrogen and oxygen atoms in total. The maximum absolute atomic E-state index is 11.6. The maximum atomic E-state index is 11.6. The van der Waals surface area contributed by atoms with E-state index in [1.165, 1.54) is 0 Å². The van der Waals surface area contributed by atoms with Crippen LogP contribution in [0.1, 0.15) is 30.6 Å². The van der Waals surface area contributed by atoms with Crippen molar-refractivity contribution in [2.45, 2.75) is 26.3 Å². The Hall–Kier alpha value is -1.42. The molecule has 92 valence electrons. The van der Waals surface area contributed by atoms with Crippen LogP contribution in [-0.2, 0) is 0 Å². The molecule has 1 saturated heterocycles. The number of aromatic nitrogens is 1. The van der Waals surface area contributed by atoms with Gasteiger partial charge in [0.2, 0.25) is 0 Å². The number of pyridine rings is 1. The number of aliphatic hydroxyl groups excluding tert-OH is 1. The molecule has 17 heavy (non-hydrogen) atoms. The van der Waals surface area contributed by atoms with Gasteiger partial charge in [-0.25, -0.2) is 4.98 Å². The lowest BCUT2D eigenvalue weighted by Crippen LogP contribution is -2.36. The molecule has 0 radical (unpaired) electrons. The molecule has 0 aliphatic carbocycles. The fraction of sp³-hybridized carbons (Fsp3) is 0.538. The third-order valence-corrected chi connectivity index (χ3v) is 3.51. The van der Waals surface area contributed by atoms with E-state index in [0.29, 0.717) is 17.3 Å². The van der Waals surface area contributed by atoms with E-state index in [0.717, 1.165) is 13.0 Å². The summed E-state index contributed by atoms with van der Waals surface area (Å²) in [5.41, 5.74) is 0.639. The monoisotopic (exact) mass is 234 g/mol. The zero-order chi connectivity index (χ0) is 12.4. The fourth-order valence-corrected chi connectivity index (χ4v) is 2.45. The lowest BCUT2D eigenvalue weighted by molar-refractivity contribution is 0.101. The molecule has 1 aromatic rings. The molecule has 0 amide bonds. The Morgan fingerprint density at radius 1 is 1.65 bits per heavy atom. The van der Waals surface area contributed by atoms with Gasteiger partial charge in [-0.15, -0.1) is 0 Å². The van der Waals surface area contributed by atoms with Crippen LogP contribution in [0.2, 0.25) is 0 Å². The van der Waals surface area contributed by atoms with Gasteiger partial charge >= 0.3 is 0 Å². The molecule has 1 N–H and O–H groups in total. The molecular formula is C13H18N2O2. The summed E-state index contributed by atoms with van der Waals surface area (Å²) >= 11 is 0. The van der Waals surface area contributed by atoms with Gasteiger partial charge in [0, 0.05) is 12.7 Å². The molecular weight excluding hydrogens is 216 g/mol. The highest BCUT2D eigenvalue weighted by atomic mass is 16.3. The van der Waals surface area contributed by atoms with Crippen molar-refractivity contribution >= 4 is 11.6 Å². The largest absolute Gasteiger partial charge is 0.394 e. The second-order valence-electron chi connectivity index (χ2n) is 4.64. The van der Waals surface area contributed by atoms with E-state index in [2.05, 4.69) is 16.8 Å². The van der Waals surface area contributed by atoms with Crippen LogP contribution in [0.25, 0.3) is 0 Å². The molecule has 1 fully saturated rings. The number of carbonyl (C=O) groups is 1. The topological polar surface area (TPSA) is 53.4 Å². The van der Waals surface area contributed by atoms with Crippen molar-refractivity contribution in [1.82, 2.24) is 4.98 Å². The first-order valence-electron chi connectivity index (χ1n) is 5.98. The van der Waals surface area contributed by atoms with E-state index < -0.39 is 0 Å². The average molecular weight is 234 g/mol. The Labute approximate surface area is 101 Å². The van der Waals surface area contributed by atoms with Crippen molar-refractivity contribution in [3.63, 3.8) is 0 Å². The summed E-state index contributed by atoms with van der Waals surface area (Å²) in [6.07, 6.45) is 2.72. The van der Waals surface area contributed by atoms with Crippen molar-refractivity contribution in [2.75, 3.05) is 18.1 Å². The highest BCUT2D eigenvalue weighted by Gasteiger charge is 2.32. The first-order chi connectivity index (χ1) is 8.15. The van der Waals surface area contributed by atoms with E-state index in [4.69, 9.17) is 0 Å². The quantitative estimate of drug-likeness (QED) is 0.805. The highest BCUT2D eigenvalue weighted by molar-refractivity contribution is 5.98. The van der Waals surface area contributed by atoms with E-state index >= 15 is 0 Å². The van der Waals surface area contributed by atoms with Gasteiger partial charge in [0.05, 0.1) is 18.2 Å². The zero-order valence-corrected chi connectivity index (χ0v) is 10.3. The molecule has 4 heteroatoms. The Balaban J connectivity index is 2.37. The Kier molecular flexibility index (Phi) is 3.43. The number of hydrogen-bond donors (Lipinski definition) is 1. The van der Waals surface area contributed by atoms with Crippen LogP contribution < -0.4 is 4.90 Å². The van der Waals surface area contributed by atoms with Crippen LogP contribution in [0.4, 0.5) is 5.82 Å². The molecule has 1 aliphatic rings. The normalized spacial score (nSPS) is 24.1. The van der Waals surface area contributed by atoms with Gasteiger partial charge in [0.25, 0.3) is 0 Å². The van der Waals surface area contributed by atoms with Crippen molar-refractivity contribution in [3.8, 4) is 0 Å². The van der Waals surface area contributed by atoms with Crippen LogP contribution in [-0.4, -0.2) is 35.1 Å². The van der Waals surface area contributed by atoms with Gasteiger partial charge < -0.3 is 10.0 Å². The van der Waals surface area contributed by atoms with Crippen molar-refractivity contribution in [3.05, 3.63) is 23.9 Å². The minimum absolute atomic E-state index is 0.0179. The first kappa shape index (κ1) is 12.0. The first-order valence-corrected chi connectivity index (χ1v) is 5.98. The molecule has 0 bridgehead atoms. The maximum Gasteiger partial charge on any atom is 0.163 e. The molecule has 2 heterocycles. The fourth-order valence-electron chi connectivity index (χ4n) is 2.45. The number of aliphatic hydroxyl groups is 1. The summed E-state index contributed by atoms with van der Waals surface area (Å²) in [6.45, 7) is 4.63. The minimum Gasteiger partial charge on any atom is -0.394 e. The van der Waals surface area contributed by atoms with E-state index in [1.54, 1.807) is 25.3 Å². The molecule has 0 saturated carbocycles. The molecule has 1 aliphatic heterocycles. The number of ketones is 1. The predicted octanol–water partition coefficient (Wildman–Crippen LogP) is 1.49. The number of Topliss-reactive ketones (excluding diaryl/α,β-unsaturated/α-hetero) is 1. The summed E-state index contributed by atoms with van der Waals surface area (Å²) in [6, 6.07) is 3.64. The zero-order valence-electron chi connectivity index (χ0n) is 10.3. The summed E-state index contributed by atoms with van der Waals surface area (Å²) in [4.78, 5) is 17.9. The second kappa shape index (κ2) is 4.84. The van der Waals surface area contributed by atoms with Crippen molar-refractivity contribution in [1.29, 1.82) is 0 Å². The van der Waals surface area contributed by atoms with E-state index in [9.17, 15) is 9.90 Å². The molecule has 0 spiro atoms.